The summed E-state index contributed by atoms with van der Waals surface area (Å²) in [7, 11) is 0. The summed E-state index contributed by atoms with van der Waals surface area (Å²) in [6.07, 6.45) is 3.30. The molecular formula is C16H19ClN4O. The third-order valence-electron chi connectivity index (χ3n) is 3.03. The summed E-state index contributed by atoms with van der Waals surface area (Å²) in [5, 5.41) is 6.63. The quantitative estimate of drug-likeness (QED) is 0.823. The van der Waals surface area contributed by atoms with Crippen LogP contribution in [0.1, 0.15) is 29.4 Å². The number of aromatic nitrogens is 2. The van der Waals surface area contributed by atoms with E-state index in [1.165, 1.54) is 0 Å². The monoisotopic (exact) mass is 318 g/mol. The largest absolute Gasteiger partial charge is 0.354 e. The van der Waals surface area contributed by atoms with Gasteiger partial charge < -0.3 is 10.6 Å². The van der Waals surface area contributed by atoms with E-state index in [-0.39, 0.29) is 5.91 Å². The van der Waals surface area contributed by atoms with Gasteiger partial charge in [0.2, 0.25) is 5.95 Å². The van der Waals surface area contributed by atoms with Crippen LogP contribution in [-0.2, 0) is 6.42 Å². The number of anilines is 1. The Bertz CT molecular complexity index is 616. The Kier molecular flexibility index (Phi) is 6.15. The Morgan fingerprint density at radius 3 is 2.68 bits per heavy atom. The molecule has 1 aromatic heterocycles. The van der Waals surface area contributed by atoms with Gasteiger partial charge in [-0.2, -0.15) is 0 Å². The first kappa shape index (κ1) is 16.2. The predicted octanol–water partition coefficient (Wildman–Crippen LogP) is 2.92. The summed E-state index contributed by atoms with van der Waals surface area (Å²) in [6, 6.07) is 9.19. The lowest BCUT2D eigenvalue weighted by molar-refractivity contribution is 0.0949. The Morgan fingerprint density at radius 1 is 1.18 bits per heavy atom. The predicted molar refractivity (Wildman–Crippen MR) is 88.3 cm³/mol. The molecule has 116 valence electrons. The highest BCUT2D eigenvalue weighted by Crippen LogP contribution is 2.09. The van der Waals surface area contributed by atoms with Gasteiger partial charge in [-0.15, -0.1) is 0 Å². The first-order valence-corrected chi connectivity index (χ1v) is 7.66. The van der Waals surface area contributed by atoms with Gasteiger partial charge >= 0.3 is 0 Å². The average molecular weight is 319 g/mol. The van der Waals surface area contributed by atoms with Crippen LogP contribution in [0.5, 0.6) is 0 Å². The van der Waals surface area contributed by atoms with E-state index in [4.69, 9.17) is 11.6 Å². The Morgan fingerprint density at radius 2 is 1.95 bits per heavy atom. The number of halogens is 1. The average Bonchev–Trinajstić information content (AvgIpc) is 2.55. The number of hydrogen-bond acceptors (Lipinski definition) is 4. The molecule has 1 heterocycles. The van der Waals surface area contributed by atoms with Crippen LogP contribution >= 0.6 is 11.6 Å². The van der Waals surface area contributed by atoms with Crippen molar-refractivity contribution < 1.29 is 4.79 Å². The maximum absolute atomic E-state index is 12.1. The van der Waals surface area contributed by atoms with Gasteiger partial charge in [-0.1, -0.05) is 30.7 Å². The molecule has 1 aromatic carbocycles. The minimum Gasteiger partial charge on any atom is -0.354 e. The Balaban J connectivity index is 1.85. The van der Waals surface area contributed by atoms with Gasteiger partial charge in [-0.25, -0.2) is 9.97 Å². The number of rotatable bonds is 7. The van der Waals surface area contributed by atoms with Gasteiger partial charge in [-0.3, -0.25) is 4.79 Å². The summed E-state index contributed by atoms with van der Waals surface area (Å²) in [6.45, 7) is 3.38. The standard InChI is InChI=1S/C16H19ClN4O/c1-2-9-19-16-20-11-8-14(21-16)15(22)18-10-7-12-3-5-13(17)6-4-12/h3-6,8,11H,2,7,9-10H2,1H3,(H,18,22)(H,19,20,21). The number of carbonyl (C=O) groups excluding carboxylic acids is 1. The van der Waals surface area contributed by atoms with Crippen molar-refractivity contribution in [2.45, 2.75) is 19.8 Å². The van der Waals surface area contributed by atoms with Crippen molar-refractivity contribution in [1.82, 2.24) is 15.3 Å². The van der Waals surface area contributed by atoms with E-state index in [1.54, 1.807) is 12.3 Å². The molecule has 0 aliphatic rings. The third-order valence-corrected chi connectivity index (χ3v) is 3.29. The van der Waals surface area contributed by atoms with E-state index in [9.17, 15) is 4.79 Å². The molecule has 0 radical (unpaired) electrons. The Labute approximate surface area is 135 Å². The minimum atomic E-state index is -0.198. The number of amides is 1. The maximum atomic E-state index is 12.1. The molecule has 0 saturated carbocycles. The zero-order chi connectivity index (χ0) is 15.8. The van der Waals surface area contributed by atoms with Gasteiger partial charge in [0, 0.05) is 24.3 Å². The maximum Gasteiger partial charge on any atom is 0.270 e. The molecule has 6 heteroatoms. The van der Waals surface area contributed by atoms with Gasteiger partial charge in [0.25, 0.3) is 5.91 Å². The lowest BCUT2D eigenvalue weighted by Crippen LogP contribution is -2.26. The molecule has 0 spiro atoms. The number of hydrogen-bond donors (Lipinski definition) is 2. The zero-order valence-electron chi connectivity index (χ0n) is 12.5. The molecule has 0 unspecified atom stereocenters. The molecule has 22 heavy (non-hydrogen) atoms. The van der Waals surface area contributed by atoms with E-state index in [0.717, 1.165) is 24.9 Å². The summed E-state index contributed by atoms with van der Waals surface area (Å²) < 4.78 is 0. The molecule has 0 atom stereocenters. The van der Waals surface area contributed by atoms with Crippen LogP contribution in [0.15, 0.2) is 36.5 Å². The van der Waals surface area contributed by atoms with Crippen molar-refractivity contribution in [2.24, 2.45) is 0 Å². The van der Waals surface area contributed by atoms with Crippen molar-refractivity contribution in [1.29, 1.82) is 0 Å². The summed E-state index contributed by atoms with van der Waals surface area (Å²) in [4.78, 5) is 20.3. The van der Waals surface area contributed by atoms with Crippen molar-refractivity contribution in [2.75, 3.05) is 18.4 Å². The minimum absolute atomic E-state index is 0.198. The van der Waals surface area contributed by atoms with E-state index in [2.05, 4.69) is 27.5 Å². The van der Waals surface area contributed by atoms with Crippen LogP contribution in [-0.4, -0.2) is 29.0 Å². The van der Waals surface area contributed by atoms with Crippen LogP contribution in [0.2, 0.25) is 5.02 Å². The number of benzene rings is 1. The highest BCUT2D eigenvalue weighted by Gasteiger charge is 2.08. The SMILES string of the molecule is CCCNc1nccc(C(=O)NCCc2ccc(Cl)cc2)n1. The third kappa shape index (κ3) is 5.00. The summed E-state index contributed by atoms with van der Waals surface area (Å²) in [5.41, 5.74) is 1.49. The molecule has 0 aliphatic carbocycles. The fourth-order valence-electron chi connectivity index (χ4n) is 1.87. The molecule has 0 saturated heterocycles. The first-order chi connectivity index (χ1) is 10.7. The highest BCUT2D eigenvalue weighted by atomic mass is 35.5. The van der Waals surface area contributed by atoms with Gasteiger partial charge in [-0.05, 0) is 36.6 Å². The fraction of sp³-hybridized carbons (Fsp3) is 0.312. The number of carbonyl (C=O) groups is 1. The lowest BCUT2D eigenvalue weighted by Gasteiger charge is -2.07. The zero-order valence-corrected chi connectivity index (χ0v) is 13.2. The van der Waals surface area contributed by atoms with Crippen LogP contribution in [0.25, 0.3) is 0 Å². The van der Waals surface area contributed by atoms with Gasteiger partial charge in [0.1, 0.15) is 5.69 Å². The molecule has 5 nitrogen and oxygen atoms in total. The van der Waals surface area contributed by atoms with E-state index in [0.29, 0.717) is 23.2 Å². The number of nitrogens with zero attached hydrogens (tertiary/aromatic N) is 2. The van der Waals surface area contributed by atoms with E-state index in [1.807, 2.05) is 24.3 Å². The molecule has 1 amide bonds. The fourth-order valence-corrected chi connectivity index (χ4v) is 2.00. The normalized spacial score (nSPS) is 10.3. The molecule has 2 aromatic rings. The van der Waals surface area contributed by atoms with Crippen molar-refractivity contribution >= 4 is 23.5 Å². The molecule has 0 aliphatic heterocycles. The summed E-state index contributed by atoms with van der Waals surface area (Å²) in [5.74, 6) is 0.281. The topological polar surface area (TPSA) is 66.9 Å². The van der Waals surface area contributed by atoms with Crippen molar-refractivity contribution in [3.8, 4) is 0 Å². The Hall–Kier alpha value is -2.14. The lowest BCUT2D eigenvalue weighted by atomic mass is 10.1. The second kappa shape index (κ2) is 8.34. The van der Waals surface area contributed by atoms with Crippen LogP contribution in [0, 0.1) is 0 Å². The van der Waals surface area contributed by atoms with Gasteiger partial charge in [0.15, 0.2) is 0 Å². The van der Waals surface area contributed by atoms with Crippen LogP contribution in [0.4, 0.5) is 5.95 Å². The van der Waals surface area contributed by atoms with E-state index >= 15 is 0 Å². The second-order valence-corrected chi connectivity index (χ2v) is 5.26. The summed E-state index contributed by atoms with van der Waals surface area (Å²) >= 11 is 5.84. The first-order valence-electron chi connectivity index (χ1n) is 7.28. The van der Waals surface area contributed by atoms with Gasteiger partial charge in [0.05, 0.1) is 0 Å². The number of nitrogens with one attached hydrogen (secondary N) is 2. The molecule has 0 bridgehead atoms. The van der Waals surface area contributed by atoms with Crippen molar-refractivity contribution in [3.05, 3.63) is 52.8 Å². The molecule has 0 fully saturated rings. The molecule has 2 rings (SSSR count). The smallest absolute Gasteiger partial charge is 0.270 e. The van der Waals surface area contributed by atoms with Crippen molar-refractivity contribution in [3.63, 3.8) is 0 Å². The second-order valence-electron chi connectivity index (χ2n) is 4.82. The highest BCUT2D eigenvalue weighted by molar-refractivity contribution is 6.30. The van der Waals surface area contributed by atoms with Crippen LogP contribution < -0.4 is 10.6 Å². The van der Waals surface area contributed by atoms with E-state index < -0.39 is 0 Å². The molecular weight excluding hydrogens is 300 g/mol. The van der Waals surface area contributed by atoms with Crippen LogP contribution in [0.3, 0.4) is 0 Å². The molecule has 2 N–H and O–H groups in total.